The molecule has 0 unspecified atom stereocenters. The van der Waals surface area contributed by atoms with E-state index >= 15 is 0 Å². The largest absolute Gasteiger partial charge is 0.504 e. The number of aromatic hydroxyl groups is 1. The van der Waals surface area contributed by atoms with Crippen LogP contribution in [0.1, 0.15) is 5.56 Å². The van der Waals surface area contributed by atoms with Gasteiger partial charge in [-0.25, -0.2) is 5.43 Å². The minimum absolute atomic E-state index is 0.132. The molecule has 8 heteroatoms. The van der Waals surface area contributed by atoms with E-state index in [1.807, 2.05) is 5.43 Å². The van der Waals surface area contributed by atoms with E-state index in [4.69, 9.17) is 4.74 Å². The van der Waals surface area contributed by atoms with Gasteiger partial charge in [0.1, 0.15) is 0 Å². The molecule has 1 aromatic carbocycles. The Kier molecular flexibility index (Phi) is 4.61. The fourth-order valence-electron chi connectivity index (χ4n) is 1.13. The zero-order valence-electron chi connectivity index (χ0n) is 9.49. The van der Waals surface area contributed by atoms with E-state index in [0.717, 1.165) is 6.21 Å². The number of carbonyl (C=O) groups excluding carboxylic acids is 1. The molecule has 1 aromatic rings. The Hall–Kier alpha value is -2.64. The molecule has 0 aliphatic heterocycles. The van der Waals surface area contributed by atoms with Gasteiger partial charge in [0.15, 0.2) is 11.5 Å². The van der Waals surface area contributed by atoms with E-state index < -0.39 is 17.4 Å². The molecule has 0 bridgehead atoms. The number of amides is 1. The van der Waals surface area contributed by atoms with Crippen LogP contribution in [0.5, 0.6) is 11.5 Å². The highest BCUT2D eigenvalue weighted by molar-refractivity contribution is 5.86. The van der Waals surface area contributed by atoms with Crippen LogP contribution in [-0.4, -0.2) is 35.8 Å². The average molecular weight is 253 g/mol. The average Bonchev–Trinajstić information content (AvgIpc) is 2.30. The fraction of sp³-hybridized carbons (Fsp3) is 0.200. The van der Waals surface area contributed by atoms with Crippen molar-refractivity contribution in [1.29, 1.82) is 0 Å². The first-order valence-electron chi connectivity index (χ1n) is 4.84. The summed E-state index contributed by atoms with van der Waals surface area (Å²) in [5.74, 6) is -0.721. The molecule has 96 valence electrons. The van der Waals surface area contributed by atoms with Gasteiger partial charge < -0.3 is 9.84 Å². The number of nitrogens with zero attached hydrogens (tertiary/aromatic N) is 2. The van der Waals surface area contributed by atoms with Gasteiger partial charge >= 0.3 is 5.91 Å². The quantitative estimate of drug-likeness (QED) is 0.439. The van der Waals surface area contributed by atoms with Crippen molar-refractivity contribution >= 4 is 12.1 Å². The zero-order chi connectivity index (χ0) is 13.5. The number of benzene rings is 1. The predicted molar refractivity (Wildman–Crippen MR) is 62.3 cm³/mol. The van der Waals surface area contributed by atoms with E-state index in [1.54, 1.807) is 18.2 Å². The maximum absolute atomic E-state index is 10.9. The molecular formula is C10H11N3O5. The maximum Gasteiger partial charge on any atom is 0.311 e. The Labute approximate surface area is 102 Å². The monoisotopic (exact) mass is 253 g/mol. The van der Waals surface area contributed by atoms with E-state index in [0.29, 0.717) is 5.56 Å². The van der Waals surface area contributed by atoms with Crippen molar-refractivity contribution in [2.45, 2.75) is 0 Å². The molecule has 8 nitrogen and oxygen atoms in total. The van der Waals surface area contributed by atoms with Gasteiger partial charge in [0, 0.05) is 10.5 Å². The van der Waals surface area contributed by atoms with Crippen molar-refractivity contribution in [3.8, 4) is 11.5 Å². The summed E-state index contributed by atoms with van der Waals surface area (Å²) >= 11 is 0. The highest BCUT2D eigenvalue weighted by atomic mass is 16.6. The van der Waals surface area contributed by atoms with Crippen LogP contribution in [0, 0.1) is 10.1 Å². The fourth-order valence-corrected chi connectivity index (χ4v) is 1.13. The van der Waals surface area contributed by atoms with Gasteiger partial charge in [-0.15, -0.1) is 0 Å². The number of hydrogen-bond donors (Lipinski definition) is 2. The lowest BCUT2D eigenvalue weighted by molar-refractivity contribution is -0.467. The lowest BCUT2D eigenvalue weighted by Gasteiger charge is -2.04. The SMILES string of the molecule is COc1cccc(/C=N\NC(=O)C[N+](=O)[O-])c1O. The Balaban J connectivity index is 2.67. The Bertz CT molecular complexity index is 486. The van der Waals surface area contributed by atoms with Gasteiger partial charge in [-0.1, -0.05) is 6.07 Å². The van der Waals surface area contributed by atoms with E-state index in [9.17, 15) is 20.0 Å². The first-order valence-corrected chi connectivity index (χ1v) is 4.84. The molecule has 18 heavy (non-hydrogen) atoms. The van der Waals surface area contributed by atoms with E-state index in [-0.39, 0.29) is 11.5 Å². The second-order valence-corrected chi connectivity index (χ2v) is 3.18. The Morgan fingerprint density at radius 3 is 3.00 bits per heavy atom. The van der Waals surface area contributed by atoms with Crippen LogP contribution in [0.15, 0.2) is 23.3 Å². The summed E-state index contributed by atoms with van der Waals surface area (Å²) in [5, 5.41) is 23.2. The second kappa shape index (κ2) is 6.18. The summed E-state index contributed by atoms with van der Waals surface area (Å²) in [6, 6.07) is 4.72. The molecule has 0 aromatic heterocycles. The lowest BCUT2D eigenvalue weighted by atomic mass is 10.2. The summed E-state index contributed by atoms with van der Waals surface area (Å²) < 4.78 is 4.88. The number of ether oxygens (including phenoxy) is 1. The first-order chi connectivity index (χ1) is 8.54. The number of rotatable bonds is 5. The molecule has 1 amide bonds. The van der Waals surface area contributed by atoms with E-state index in [1.165, 1.54) is 7.11 Å². The third-order valence-electron chi connectivity index (χ3n) is 1.92. The second-order valence-electron chi connectivity index (χ2n) is 3.18. The van der Waals surface area contributed by atoms with Crippen LogP contribution in [0.2, 0.25) is 0 Å². The van der Waals surface area contributed by atoms with Gasteiger partial charge in [-0.2, -0.15) is 5.10 Å². The summed E-state index contributed by atoms with van der Waals surface area (Å²) in [6.07, 6.45) is 1.16. The highest BCUT2D eigenvalue weighted by Crippen LogP contribution is 2.27. The van der Waals surface area contributed by atoms with Crippen molar-refractivity contribution < 1.29 is 19.6 Å². The van der Waals surface area contributed by atoms with Crippen molar-refractivity contribution in [2.24, 2.45) is 5.10 Å². The number of phenols is 1. The van der Waals surface area contributed by atoms with Crippen molar-refractivity contribution in [3.63, 3.8) is 0 Å². The third kappa shape index (κ3) is 3.74. The van der Waals surface area contributed by atoms with Crippen LogP contribution >= 0.6 is 0 Å². The molecular weight excluding hydrogens is 242 g/mol. The standard InChI is InChI=1S/C10H11N3O5/c1-18-8-4-2-3-7(10(8)15)5-11-12-9(14)6-13(16)17/h2-5,15H,6H2,1H3,(H,12,14)/b11-5-. The number of carbonyl (C=O) groups is 1. The Morgan fingerprint density at radius 2 is 2.39 bits per heavy atom. The van der Waals surface area contributed by atoms with Crippen LogP contribution in [0.25, 0.3) is 0 Å². The molecule has 0 atom stereocenters. The number of nitrogens with one attached hydrogen (secondary N) is 1. The van der Waals surface area contributed by atoms with Gasteiger partial charge in [0.25, 0.3) is 6.54 Å². The van der Waals surface area contributed by atoms with Gasteiger partial charge in [0.05, 0.1) is 13.3 Å². The van der Waals surface area contributed by atoms with E-state index in [2.05, 4.69) is 5.10 Å². The number of para-hydroxylation sites is 1. The zero-order valence-corrected chi connectivity index (χ0v) is 9.49. The molecule has 1 rings (SSSR count). The van der Waals surface area contributed by atoms with Crippen LogP contribution in [0.3, 0.4) is 0 Å². The molecule has 0 aliphatic carbocycles. The van der Waals surface area contributed by atoms with Crippen molar-refractivity contribution in [3.05, 3.63) is 33.9 Å². The minimum Gasteiger partial charge on any atom is -0.504 e. The number of methoxy groups -OCH3 is 1. The van der Waals surface area contributed by atoms with Gasteiger partial charge in [0.2, 0.25) is 0 Å². The molecule has 0 spiro atoms. The van der Waals surface area contributed by atoms with Gasteiger partial charge in [-0.05, 0) is 12.1 Å². The number of hydrogen-bond acceptors (Lipinski definition) is 6. The van der Waals surface area contributed by atoms with Crippen molar-refractivity contribution in [2.75, 3.05) is 13.7 Å². The summed E-state index contributed by atoms with van der Waals surface area (Å²) in [7, 11) is 1.40. The first kappa shape index (κ1) is 13.4. The van der Waals surface area contributed by atoms with Crippen LogP contribution in [0.4, 0.5) is 0 Å². The molecule has 0 aliphatic rings. The maximum atomic E-state index is 10.9. The predicted octanol–water partition coefficient (Wildman–Crippen LogP) is 0.128. The summed E-state index contributed by atoms with van der Waals surface area (Å²) in [4.78, 5) is 20.1. The molecule has 0 saturated heterocycles. The topological polar surface area (TPSA) is 114 Å². The smallest absolute Gasteiger partial charge is 0.311 e. The normalized spacial score (nSPS) is 10.3. The highest BCUT2D eigenvalue weighted by Gasteiger charge is 2.08. The van der Waals surface area contributed by atoms with Gasteiger partial charge in [-0.3, -0.25) is 14.9 Å². The third-order valence-corrected chi connectivity index (χ3v) is 1.92. The van der Waals surface area contributed by atoms with Crippen LogP contribution < -0.4 is 10.2 Å². The van der Waals surface area contributed by atoms with Crippen molar-refractivity contribution in [1.82, 2.24) is 5.43 Å². The number of hydrazone groups is 1. The summed E-state index contributed by atoms with van der Waals surface area (Å²) in [6.45, 7) is -0.860. The molecule has 0 heterocycles. The Morgan fingerprint density at radius 1 is 1.67 bits per heavy atom. The number of phenolic OH excluding ortho intramolecular Hbond substituents is 1. The van der Waals surface area contributed by atoms with Crippen LogP contribution in [-0.2, 0) is 4.79 Å². The summed E-state index contributed by atoms with van der Waals surface area (Å²) in [5.41, 5.74) is 2.28. The lowest BCUT2D eigenvalue weighted by Crippen LogP contribution is -2.25. The molecule has 2 N–H and O–H groups in total. The minimum atomic E-state index is -0.860. The molecule has 0 saturated carbocycles. The number of nitro groups is 1. The molecule has 0 fully saturated rings. The molecule has 0 radical (unpaired) electrons.